The van der Waals surface area contributed by atoms with E-state index in [-0.39, 0.29) is 18.4 Å². The van der Waals surface area contributed by atoms with Gasteiger partial charge in [0, 0.05) is 12.6 Å². The summed E-state index contributed by atoms with van der Waals surface area (Å²) in [5, 5.41) is 11.4. The number of rotatable bonds is 6. The number of carbonyl (C=O) groups excluding carboxylic acids is 2. The van der Waals surface area contributed by atoms with E-state index in [1.807, 2.05) is 0 Å². The Morgan fingerprint density at radius 2 is 2.20 bits per heavy atom. The zero-order valence-corrected chi connectivity index (χ0v) is 12.2. The Morgan fingerprint density at radius 3 is 2.75 bits per heavy atom. The molecule has 8 heteroatoms. The smallest absolute Gasteiger partial charge is 0.326 e. The lowest BCUT2D eigenvalue weighted by atomic mass is 10.1. The lowest BCUT2D eigenvalue weighted by Gasteiger charge is -2.14. The summed E-state index contributed by atoms with van der Waals surface area (Å²) in [6, 6.07) is 1.89. The van der Waals surface area contributed by atoms with E-state index in [9.17, 15) is 14.4 Å². The van der Waals surface area contributed by atoms with E-state index < -0.39 is 23.9 Å². The first-order valence-corrected chi connectivity index (χ1v) is 6.46. The molecule has 0 spiro atoms. The van der Waals surface area contributed by atoms with Crippen LogP contribution >= 0.6 is 15.9 Å². The maximum Gasteiger partial charge on any atom is 0.326 e. The minimum atomic E-state index is -1.22. The molecule has 1 heterocycles. The fraction of sp³-hybridized carbons (Fsp3) is 0.333. The first kappa shape index (κ1) is 16.1. The third-order valence-corrected chi connectivity index (χ3v) is 3.10. The van der Waals surface area contributed by atoms with Gasteiger partial charge in [-0.1, -0.05) is 0 Å². The van der Waals surface area contributed by atoms with Gasteiger partial charge < -0.3 is 15.2 Å². The molecule has 1 amide bonds. The maximum atomic E-state index is 11.9. The van der Waals surface area contributed by atoms with Gasteiger partial charge in [0.1, 0.15) is 10.6 Å². The van der Waals surface area contributed by atoms with Crippen LogP contribution in [0.5, 0.6) is 0 Å². The summed E-state index contributed by atoms with van der Waals surface area (Å²) in [6.07, 6.45) is 1.35. The van der Waals surface area contributed by atoms with Crippen molar-refractivity contribution in [2.24, 2.45) is 0 Å². The lowest BCUT2D eigenvalue weighted by Crippen LogP contribution is -2.41. The van der Waals surface area contributed by atoms with Crippen molar-refractivity contribution >= 4 is 33.8 Å². The Morgan fingerprint density at radius 1 is 1.50 bits per heavy atom. The number of carboxylic acids is 1. The number of esters is 1. The minimum absolute atomic E-state index is 0.0500. The number of carboxylic acid groups (broad SMARTS) is 1. The molecule has 0 aliphatic rings. The van der Waals surface area contributed by atoms with Crippen molar-refractivity contribution in [2.45, 2.75) is 18.9 Å². The number of aromatic nitrogens is 1. The van der Waals surface area contributed by atoms with Crippen molar-refractivity contribution in [3.8, 4) is 0 Å². The Bertz CT molecular complexity index is 520. The van der Waals surface area contributed by atoms with E-state index in [1.165, 1.54) is 19.4 Å². The van der Waals surface area contributed by atoms with Crippen LogP contribution in [0.15, 0.2) is 22.9 Å². The molecule has 1 aromatic rings. The van der Waals surface area contributed by atoms with Gasteiger partial charge >= 0.3 is 11.9 Å². The molecule has 20 heavy (non-hydrogen) atoms. The molecule has 7 nitrogen and oxygen atoms in total. The van der Waals surface area contributed by atoms with Crippen LogP contribution in [-0.2, 0) is 14.3 Å². The van der Waals surface area contributed by atoms with Crippen LogP contribution in [0.25, 0.3) is 0 Å². The molecule has 0 aliphatic heterocycles. The highest BCUT2D eigenvalue weighted by molar-refractivity contribution is 9.10. The predicted octanol–water partition coefficient (Wildman–Crippen LogP) is 0.980. The molecule has 0 fully saturated rings. The summed E-state index contributed by atoms with van der Waals surface area (Å²) in [6.45, 7) is 0. The normalized spacial score (nSPS) is 11.5. The largest absolute Gasteiger partial charge is 0.480 e. The van der Waals surface area contributed by atoms with E-state index in [4.69, 9.17) is 5.11 Å². The van der Waals surface area contributed by atoms with Crippen LogP contribution in [0.4, 0.5) is 0 Å². The van der Waals surface area contributed by atoms with E-state index in [0.29, 0.717) is 4.60 Å². The highest BCUT2D eigenvalue weighted by Gasteiger charge is 2.22. The van der Waals surface area contributed by atoms with Gasteiger partial charge in [-0.2, -0.15) is 0 Å². The predicted molar refractivity (Wildman–Crippen MR) is 72.1 cm³/mol. The monoisotopic (exact) mass is 344 g/mol. The first-order chi connectivity index (χ1) is 9.45. The van der Waals surface area contributed by atoms with Crippen molar-refractivity contribution in [1.29, 1.82) is 0 Å². The van der Waals surface area contributed by atoms with Gasteiger partial charge in [-0.3, -0.25) is 9.59 Å². The summed E-state index contributed by atoms with van der Waals surface area (Å²) in [5.41, 5.74) is 0.219. The summed E-state index contributed by atoms with van der Waals surface area (Å²) < 4.78 is 4.74. The fourth-order valence-corrected chi connectivity index (χ4v) is 1.84. The third-order valence-electron chi connectivity index (χ3n) is 2.47. The van der Waals surface area contributed by atoms with Gasteiger partial charge in [0.25, 0.3) is 5.91 Å². The van der Waals surface area contributed by atoms with Crippen molar-refractivity contribution in [3.63, 3.8) is 0 Å². The van der Waals surface area contributed by atoms with E-state index in [2.05, 4.69) is 31.0 Å². The number of amides is 1. The van der Waals surface area contributed by atoms with Gasteiger partial charge in [0.15, 0.2) is 0 Å². The highest BCUT2D eigenvalue weighted by atomic mass is 79.9. The topological polar surface area (TPSA) is 106 Å². The van der Waals surface area contributed by atoms with Crippen LogP contribution in [0.2, 0.25) is 0 Å². The van der Waals surface area contributed by atoms with Crippen LogP contribution in [0.3, 0.4) is 0 Å². The average molecular weight is 345 g/mol. The Labute approximate surface area is 123 Å². The molecule has 1 unspecified atom stereocenters. The zero-order valence-electron chi connectivity index (χ0n) is 10.6. The second kappa shape index (κ2) is 7.59. The molecule has 1 atom stereocenters. The third kappa shape index (κ3) is 4.61. The number of hydrogen-bond acceptors (Lipinski definition) is 5. The Balaban J connectivity index is 2.71. The molecule has 0 saturated heterocycles. The number of aliphatic carboxylic acids is 1. The molecule has 1 rings (SSSR count). The number of pyridine rings is 1. The van der Waals surface area contributed by atoms with Gasteiger partial charge in [0.2, 0.25) is 0 Å². The number of methoxy groups -OCH3 is 1. The van der Waals surface area contributed by atoms with Gasteiger partial charge in [-0.25, -0.2) is 9.78 Å². The number of carbonyl (C=O) groups is 3. The number of nitrogens with one attached hydrogen (secondary N) is 1. The summed E-state index contributed by atoms with van der Waals surface area (Å²) in [5.74, 6) is -2.34. The van der Waals surface area contributed by atoms with E-state index in [0.717, 1.165) is 0 Å². The highest BCUT2D eigenvalue weighted by Crippen LogP contribution is 2.13. The molecule has 0 saturated carbocycles. The fourth-order valence-electron chi connectivity index (χ4n) is 1.41. The van der Waals surface area contributed by atoms with Crippen LogP contribution in [0.1, 0.15) is 23.2 Å². The number of hydrogen-bond donors (Lipinski definition) is 2. The van der Waals surface area contributed by atoms with Crippen LogP contribution in [0, 0.1) is 0 Å². The van der Waals surface area contributed by atoms with Crippen molar-refractivity contribution in [1.82, 2.24) is 10.3 Å². The standard InChI is InChI=1S/C12H13BrN2O5/c1-20-9(16)5-4-8(12(18)19)15-11(17)7-3-2-6-14-10(7)13/h2-3,6,8H,4-5H2,1H3,(H,15,17)(H,18,19). The van der Waals surface area contributed by atoms with Crippen LogP contribution < -0.4 is 5.32 Å². The second-order valence-corrected chi connectivity index (χ2v) is 4.57. The Hall–Kier alpha value is -1.96. The van der Waals surface area contributed by atoms with Crippen molar-refractivity contribution in [2.75, 3.05) is 7.11 Å². The maximum absolute atomic E-state index is 11.9. The molecular weight excluding hydrogens is 332 g/mol. The number of ether oxygens (including phenoxy) is 1. The number of halogens is 1. The first-order valence-electron chi connectivity index (χ1n) is 5.66. The minimum Gasteiger partial charge on any atom is -0.480 e. The molecule has 108 valence electrons. The van der Waals surface area contributed by atoms with E-state index >= 15 is 0 Å². The quantitative estimate of drug-likeness (QED) is 0.588. The van der Waals surface area contributed by atoms with Gasteiger partial charge in [-0.15, -0.1) is 0 Å². The molecule has 1 aromatic heterocycles. The molecule has 0 aromatic carbocycles. The van der Waals surface area contributed by atoms with Gasteiger partial charge in [0.05, 0.1) is 12.7 Å². The van der Waals surface area contributed by atoms with Crippen molar-refractivity contribution in [3.05, 3.63) is 28.5 Å². The molecule has 2 N–H and O–H groups in total. The molecular formula is C12H13BrN2O5. The summed E-state index contributed by atoms with van der Waals surface area (Å²) >= 11 is 3.10. The lowest BCUT2D eigenvalue weighted by molar-refractivity contribution is -0.142. The zero-order chi connectivity index (χ0) is 15.1. The second-order valence-electron chi connectivity index (χ2n) is 3.82. The average Bonchev–Trinajstić information content (AvgIpc) is 2.42. The van der Waals surface area contributed by atoms with E-state index in [1.54, 1.807) is 6.07 Å². The summed E-state index contributed by atoms with van der Waals surface area (Å²) in [4.78, 5) is 37.9. The Kier molecular flexibility index (Phi) is 6.10. The van der Waals surface area contributed by atoms with Crippen LogP contribution in [-0.4, -0.2) is 41.1 Å². The van der Waals surface area contributed by atoms with Crippen molar-refractivity contribution < 1.29 is 24.2 Å². The number of nitrogens with zero attached hydrogens (tertiary/aromatic N) is 1. The molecule has 0 radical (unpaired) electrons. The summed E-state index contributed by atoms with van der Waals surface area (Å²) in [7, 11) is 1.21. The molecule has 0 bridgehead atoms. The SMILES string of the molecule is COC(=O)CCC(NC(=O)c1cccnc1Br)C(=O)O. The molecule has 0 aliphatic carbocycles. The van der Waals surface area contributed by atoms with Gasteiger partial charge in [-0.05, 0) is 34.5 Å².